The molecule has 0 radical (unpaired) electrons. The van der Waals surface area contributed by atoms with E-state index in [0.717, 1.165) is 5.56 Å². The largest absolute Gasteiger partial charge is 0.394 e. The van der Waals surface area contributed by atoms with E-state index >= 15 is 4.39 Å². The summed E-state index contributed by atoms with van der Waals surface area (Å²) in [4.78, 5) is 20.1. The number of ether oxygens (including phenoxy) is 1. The van der Waals surface area contributed by atoms with Crippen LogP contribution in [-0.2, 0) is 9.53 Å². The monoisotopic (exact) mass is 400 g/mol. The van der Waals surface area contributed by atoms with E-state index in [0.29, 0.717) is 16.6 Å². The number of nitrogens with one attached hydrogen (secondary N) is 1. The molecule has 1 saturated heterocycles. The molecule has 1 aliphatic heterocycles. The number of alkyl halides is 1. The van der Waals surface area contributed by atoms with Crippen LogP contribution in [0.5, 0.6) is 0 Å². The Morgan fingerprint density at radius 1 is 1.34 bits per heavy atom. The Labute approximate surface area is 166 Å². The Morgan fingerprint density at radius 3 is 2.69 bits per heavy atom. The first kappa shape index (κ1) is 19.4. The summed E-state index contributed by atoms with van der Waals surface area (Å²) < 4.78 is 22.5. The number of hydrogen-bond donors (Lipinski definition) is 3. The fourth-order valence-electron chi connectivity index (χ4n) is 3.72. The molecule has 1 aliphatic rings. The van der Waals surface area contributed by atoms with Gasteiger partial charge in [-0.1, -0.05) is 30.3 Å². The minimum Gasteiger partial charge on any atom is -0.394 e. The highest BCUT2D eigenvalue weighted by Crippen LogP contribution is 2.45. The van der Waals surface area contributed by atoms with E-state index in [4.69, 9.17) is 4.74 Å². The second-order valence-electron chi connectivity index (χ2n) is 7.22. The highest BCUT2D eigenvalue weighted by Gasteiger charge is 2.55. The number of halogens is 1. The molecule has 8 nitrogen and oxygen atoms in total. The van der Waals surface area contributed by atoms with Gasteiger partial charge in [-0.2, -0.15) is 0 Å². The zero-order valence-electron chi connectivity index (χ0n) is 15.9. The van der Waals surface area contributed by atoms with Crippen molar-refractivity contribution in [3.63, 3.8) is 0 Å². The molecule has 2 unspecified atom stereocenters. The van der Waals surface area contributed by atoms with Crippen LogP contribution in [0.25, 0.3) is 22.2 Å². The maximum Gasteiger partial charge on any atom is 0.222 e. The number of aliphatic hydroxyl groups is 2. The summed E-state index contributed by atoms with van der Waals surface area (Å²) in [7, 11) is 0. The molecule has 0 saturated carbocycles. The van der Waals surface area contributed by atoms with Crippen LogP contribution in [0.1, 0.15) is 20.1 Å². The summed E-state index contributed by atoms with van der Waals surface area (Å²) in [5.74, 6) is -0.0158. The van der Waals surface area contributed by atoms with Gasteiger partial charge in [-0.15, -0.1) is 0 Å². The molecule has 29 heavy (non-hydrogen) atoms. The molecule has 4 atom stereocenters. The first-order valence-electron chi connectivity index (χ1n) is 9.16. The van der Waals surface area contributed by atoms with Gasteiger partial charge in [0.1, 0.15) is 30.0 Å². The maximum atomic E-state index is 15.4. The van der Waals surface area contributed by atoms with E-state index < -0.39 is 30.7 Å². The summed E-state index contributed by atoms with van der Waals surface area (Å²) >= 11 is 0. The van der Waals surface area contributed by atoms with E-state index in [1.165, 1.54) is 24.7 Å². The third-order valence-electron chi connectivity index (χ3n) is 5.14. The molecular weight excluding hydrogens is 379 g/mol. The van der Waals surface area contributed by atoms with E-state index in [1.54, 1.807) is 6.20 Å². The van der Waals surface area contributed by atoms with Crippen LogP contribution in [0.15, 0.2) is 42.9 Å². The predicted molar refractivity (Wildman–Crippen MR) is 104 cm³/mol. The molecular formula is C20H21FN4O4. The number of aromatic nitrogens is 3. The van der Waals surface area contributed by atoms with Gasteiger partial charge in [-0.25, -0.2) is 14.4 Å². The average molecular weight is 400 g/mol. The number of carbonyl (C=O) groups is 1. The second-order valence-corrected chi connectivity index (χ2v) is 7.22. The Kier molecular flexibility index (Phi) is 4.81. The zero-order chi connectivity index (χ0) is 20.8. The summed E-state index contributed by atoms with van der Waals surface area (Å²) in [6, 6.07) is 9.34. The van der Waals surface area contributed by atoms with Crippen LogP contribution in [0.3, 0.4) is 0 Å². The number of fused-ring (bicyclic) bond motifs is 1. The van der Waals surface area contributed by atoms with Crippen molar-refractivity contribution in [3.05, 3.63) is 42.9 Å². The molecule has 9 heteroatoms. The van der Waals surface area contributed by atoms with E-state index in [1.807, 2.05) is 30.3 Å². The first-order chi connectivity index (χ1) is 13.8. The first-order valence-corrected chi connectivity index (χ1v) is 9.16. The van der Waals surface area contributed by atoms with E-state index in [9.17, 15) is 15.0 Å². The Balaban J connectivity index is 1.96. The molecule has 1 aromatic carbocycles. The number of carbonyl (C=O) groups excluding carboxylic acids is 1. The number of nitrogens with zero attached hydrogens (tertiary/aromatic N) is 3. The Morgan fingerprint density at radius 2 is 2.07 bits per heavy atom. The molecule has 3 N–H and O–H groups in total. The van der Waals surface area contributed by atoms with Crippen molar-refractivity contribution in [1.82, 2.24) is 14.5 Å². The summed E-state index contributed by atoms with van der Waals surface area (Å²) in [6.07, 6.45) is -0.871. The molecule has 3 aromatic rings. The lowest BCUT2D eigenvalue weighted by Gasteiger charge is -2.25. The van der Waals surface area contributed by atoms with Crippen LogP contribution in [0, 0.1) is 0 Å². The molecule has 3 heterocycles. The number of rotatable bonds is 4. The van der Waals surface area contributed by atoms with Gasteiger partial charge >= 0.3 is 0 Å². The maximum absolute atomic E-state index is 15.4. The highest BCUT2D eigenvalue weighted by atomic mass is 19.1. The number of hydrogen-bond acceptors (Lipinski definition) is 6. The van der Waals surface area contributed by atoms with Gasteiger partial charge in [-0.3, -0.25) is 4.79 Å². The molecule has 0 bridgehead atoms. The van der Waals surface area contributed by atoms with Crippen molar-refractivity contribution in [2.45, 2.75) is 38.0 Å². The summed E-state index contributed by atoms with van der Waals surface area (Å²) in [5.41, 5.74) is -0.351. The molecule has 0 spiro atoms. The number of benzene rings is 1. The topological polar surface area (TPSA) is 110 Å². The number of anilines is 1. The molecule has 2 aromatic heterocycles. The smallest absolute Gasteiger partial charge is 0.222 e. The van der Waals surface area contributed by atoms with E-state index in [-0.39, 0.29) is 11.7 Å². The van der Waals surface area contributed by atoms with Gasteiger partial charge in [0.15, 0.2) is 11.9 Å². The zero-order valence-corrected chi connectivity index (χ0v) is 15.9. The summed E-state index contributed by atoms with van der Waals surface area (Å²) in [6.45, 7) is 2.07. The minimum atomic E-state index is -2.17. The van der Waals surface area contributed by atoms with Crippen molar-refractivity contribution in [2.24, 2.45) is 0 Å². The van der Waals surface area contributed by atoms with Crippen molar-refractivity contribution >= 4 is 22.8 Å². The van der Waals surface area contributed by atoms with Crippen LogP contribution in [-0.4, -0.2) is 55.1 Å². The van der Waals surface area contributed by atoms with Gasteiger partial charge in [0.2, 0.25) is 5.91 Å². The fraction of sp³-hybridized carbons (Fsp3) is 0.350. The molecule has 152 valence electrons. The van der Waals surface area contributed by atoms with Gasteiger partial charge in [-0.05, 0) is 12.5 Å². The molecule has 1 fully saturated rings. The van der Waals surface area contributed by atoms with Crippen LogP contribution >= 0.6 is 0 Å². The lowest BCUT2D eigenvalue weighted by Crippen LogP contribution is -2.40. The van der Waals surface area contributed by atoms with E-state index in [2.05, 4.69) is 15.3 Å². The van der Waals surface area contributed by atoms with Gasteiger partial charge in [0, 0.05) is 18.7 Å². The molecule has 4 rings (SSSR count). The third kappa shape index (κ3) is 3.17. The van der Waals surface area contributed by atoms with Crippen molar-refractivity contribution < 1.29 is 24.1 Å². The van der Waals surface area contributed by atoms with Crippen LogP contribution in [0.2, 0.25) is 0 Å². The minimum absolute atomic E-state index is 0.290. The lowest BCUT2D eigenvalue weighted by molar-refractivity contribution is -0.114. The fourth-order valence-corrected chi connectivity index (χ4v) is 3.72. The molecule has 0 aliphatic carbocycles. The van der Waals surface area contributed by atoms with Crippen LogP contribution < -0.4 is 5.32 Å². The quantitative estimate of drug-likeness (QED) is 0.618. The van der Waals surface area contributed by atoms with Gasteiger partial charge in [0.25, 0.3) is 0 Å². The SMILES string of the molecule is CC(=O)Nc1ncnc2c1c(-c1ccccc1)cn2[C@@H]1OC(CO)C(O)[C@@]1(C)F. The van der Waals surface area contributed by atoms with Crippen molar-refractivity contribution in [2.75, 3.05) is 11.9 Å². The number of aliphatic hydroxyl groups excluding tert-OH is 2. The predicted octanol–water partition coefficient (Wildman–Crippen LogP) is 2.04. The highest BCUT2D eigenvalue weighted by molar-refractivity contribution is 6.05. The van der Waals surface area contributed by atoms with Crippen molar-refractivity contribution in [1.29, 1.82) is 0 Å². The number of amides is 1. The molecule has 1 amide bonds. The van der Waals surface area contributed by atoms with Gasteiger partial charge < -0.3 is 24.8 Å². The third-order valence-corrected chi connectivity index (χ3v) is 5.14. The second kappa shape index (κ2) is 7.18. The Hall–Kier alpha value is -2.88. The lowest BCUT2D eigenvalue weighted by atomic mass is 9.98. The average Bonchev–Trinajstić information content (AvgIpc) is 3.18. The van der Waals surface area contributed by atoms with Crippen LogP contribution in [0.4, 0.5) is 10.2 Å². The Bertz CT molecular complexity index is 1050. The standard InChI is InChI=1S/C20H21FN4O4/c1-11(27)24-17-15-13(12-6-4-3-5-7-12)8-25(18(15)23-10-22-17)19-20(2,21)16(28)14(9-26)29-19/h3-8,10,14,16,19,26,28H,9H2,1-2H3,(H,22,23,24,27)/t14?,16?,19-,20-/m1/s1. The van der Waals surface area contributed by atoms with Crippen molar-refractivity contribution in [3.8, 4) is 11.1 Å². The summed E-state index contributed by atoms with van der Waals surface area (Å²) in [5, 5.41) is 22.9. The normalized spacial score (nSPS) is 26.7. The van der Waals surface area contributed by atoms with Gasteiger partial charge in [0.05, 0.1) is 12.0 Å².